The van der Waals surface area contributed by atoms with E-state index >= 15 is 0 Å². The summed E-state index contributed by atoms with van der Waals surface area (Å²) in [5, 5.41) is 10.1. The molecule has 2 aromatic carbocycles. The van der Waals surface area contributed by atoms with Gasteiger partial charge in [0.25, 0.3) is 0 Å². The first-order valence-electron chi connectivity index (χ1n) is 11.0. The number of H-pyrrole nitrogens is 2. The molecule has 0 aliphatic rings. The number of aromatic nitrogens is 6. The second-order valence-corrected chi connectivity index (χ2v) is 8.05. The van der Waals surface area contributed by atoms with Crippen molar-refractivity contribution in [1.29, 1.82) is 0 Å². The van der Waals surface area contributed by atoms with Gasteiger partial charge in [0, 0.05) is 42.7 Å². The summed E-state index contributed by atoms with van der Waals surface area (Å²) in [6.07, 6.45) is 8.64. The summed E-state index contributed by atoms with van der Waals surface area (Å²) < 4.78 is 21.1. The molecule has 0 radical (unpaired) electrons. The van der Waals surface area contributed by atoms with Crippen LogP contribution in [0.5, 0.6) is 5.75 Å². The van der Waals surface area contributed by atoms with Gasteiger partial charge in [0.2, 0.25) is 0 Å². The molecule has 5 aromatic rings. The lowest BCUT2D eigenvalue weighted by Crippen LogP contribution is -2.10. The molecule has 0 fully saturated rings. The van der Waals surface area contributed by atoms with E-state index in [1.54, 1.807) is 13.4 Å². The van der Waals surface area contributed by atoms with Crippen molar-refractivity contribution in [2.75, 3.05) is 7.11 Å². The van der Waals surface area contributed by atoms with E-state index in [4.69, 9.17) is 4.74 Å². The van der Waals surface area contributed by atoms with Crippen LogP contribution in [-0.2, 0) is 25.8 Å². The second-order valence-electron chi connectivity index (χ2n) is 8.05. The number of ether oxygens (including phenoxy) is 1. The van der Waals surface area contributed by atoms with Gasteiger partial charge in [-0.15, -0.1) is 10.2 Å². The van der Waals surface area contributed by atoms with E-state index in [1.807, 2.05) is 30.6 Å². The number of aromatic amines is 2. The van der Waals surface area contributed by atoms with Crippen molar-refractivity contribution >= 4 is 10.9 Å². The minimum absolute atomic E-state index is 0.251. The molecule has 3 heterocycles. The first kappa shape index (κ1) is 20.9. The average Bonchev–Trinajstić information content (AvgIpc) is 3.57. The SMILES string of the molecule is COc1ccc(Cc2nnc(Cc3c[nH]c4cc(F)ccc34)n2CCCc2c[nH]cn2)cc1. The maximum absolute atomic E-state index is 13.6. The zero-order valence-electron chi connectivity index (χ0n) is 18.4. The molecule has 0 aliphatic carbocycles. The fraction of sp³-hybridized carbons (Fsp3) is 0.240. The molecule has 8 heteroatoms. The zero-order valence-corrected chi connectivity index (χ0v) is 18.4. The van der Waals surface area contributed by atoms with E-state index < -0.39 is 0 Å². The summed E-state index contributed by atoms with van der Waals surface area (Å²) in [4.78, 5) is 10.5. The number of halogens is 1. The molecule has 3 aromatic heterocycles. The molecule has 0 unspecified atom stereocenters. The molecule has 0 amide bonds. The molecule has 0 saturated carbocycles. The van der Waals surface area contributed by atoms with Gasteiger partial charge in [-0.3, -0.25) is 0 Å². The van der Waals surface area contributed by atoms with E-state index in [-0.39, 0.29) is 5.82 Å². The third kappa shape index (κ3) is 4.64. The molecule has 0 aliphatic heterocycles. The molecule has 0 saturated heterocycles. The highest BCUT2D eigenvalue weighted by atomic mass is 19.1. The summed E-state index contributed by atoms with van der Waals surface area (Å²) in [6.45, 7) is 0.789. The number of fused-ring (bicyclic) bond motifs is 1. The third-order valence-corrected chi connectivity index (χ3v) is 5.87. The topological polar surface area (TPSA) is 84.4 Å². The minimum Gasteiger partial charge on any atom is -0.497 e. The maximum atomic E-state index is 13.6. The Bertz CT molecular complexity index is 1340. The maximum Gasteiger partial charge on any atom is 0.137 e. The number of nitrogens with zero attached hydrogens (tertiary/aromatic N) is 4. The van der Waals surface area contributed by atoms with Crippen LogP contribution in [0.4, 0.5) is 4.39 Å². The molecular formula is C25H25FN6O. The molecule has 33 heavy (non-hydrogen) atoms. The third-order valence-electron chi connectivity index (χ3n) is 5.87. The van der Waals surface area contributed by atoms with Crippen molar-refractivity contribution in [3.8, 4) is 5.75 Å². The van der Waals surface area contributed by atoms with Crippen molar-refractivity contribution in [2.24, 2.45) is 0 Å². The second kappa shape index (κ2) is 9.28. The molecule has 0 atom stereocenters. The van der Waals surface area contributed by atoms with Crippen LogP contribution < -0.4 is 4.74 Å². The summed E-state index contributed by atoms with van der Waals surface area (Å²) in [5.41, 5.74) is 4.04. The van der Waals surface area contributed by atoms with Crippen molar-refractivity contribution in [3.63, 3.8) is 0 Å². The highest BCUT2D eigenvalue weighted by Gasteiger charge is 2.15. The van der Waals surface area contributed by atoms with Crippen molar-refractivity contribution in [1.82, 2.24) is 29.7 Å². The standard InChI is InChI=1S/C25H25FN6O/c1-33-21-7-4-17(5-8-21)11-24-30-31-25(32(24)10-2-3-20-15-27-16-29-20)12-18-14-28-23-13-19(26)6-9-22(18)23/h4-9,13-16,28H,2-3,10-12H2,1H3,(H,27,29). The van der Waals surface area contributed by atoms with E-state index in [0.29, 0.717) is 12.8 Å². The van der Waals surface area contributed by atoms with Crippen LogP contribution in [0, 0.1) is 5.82 Å². The molecule has 5 rings (SSSR count). The zero-order chi connectivity index (χ0) is 22.6. The van der Waals surface area contributed by atoms with Crippen LogP contribution in [-0.4, -0.2) is 36.8 Å². The lowest BCUT2D eigenvalue weighted by Gasteiger charge is -2.11. The smallest absolute Gasteiger partial charge is 0.137 e. The highest BCUT2D eigenvalue weighted by Crippen LogP contribution is 2.23. The van der Waals surface area contributed by atoms with E-state index in [0.717, 1.165) is 64.5 Å². The predicted molar refractivity (Wildman–Crippen MR) is 124 cm³/mol. The Morgan fingerprint density at radius 2 is 1.82 bits per heavy atom. The number of methoxy groups -OCH3 is 1. The average molecular weight is 445 g/mol. The van der Waals surface area contributed by atoms with Gasteiger partial charge in [-0.2, -0.15) is 0 Å². The summed E-state index contributed by atoms with van der Waals surface area (Å²) in [5.74, 6) is 2.39. The van der Waals surface area contributed by atoms with Gasteiger partial charge in [-0.25, -0.2) is 9.37 Å². The summed E-state index contributed by atoms with van der Waals surface area (Å²) in [7, 11) is 1.66. The van der Waals surface area contributed by atoms with Gasteiger partial charge < -0.3 is 19.3 Å². The monoisotopic (exact) mass is 444 g/mol. The number of nitrogens with one attached hydrogen (secondary N) is 2. The lowest BCUT2D eigenvalue weighted by molar-refractivity contribution is 0.414. The van der Waals surface area contributed by atoms with Gasteiger partial charge in [-0.05, 0) is 54.3 Å². The Morgan fingerprint density at radius 1 is 1.00 bits per heavy atom. The van der Waals surface area contributed by atoms with Gasteiger partial charge >= 0.3 is 0 Å². The number of aryl methyl sites for hydroxylation is 1. The molecule has 168 valence electrons. The number of hydrogen-bond donors (Lipinski definition) is 2. The normalized spacial score (nSPS) is 11.3. The summed E-state index contributed by atoms with van der Waals surface area (Å²) >= 11 is 0. The first-order valence-corrected chi connectivity index (χ1v) is 11.0. The lowest BCUT2D eigenvalue weighted by atomic mass is 10.1. The quantitative estimate of drug-likeness (QED) is 0.352. The van der Waals surface area contributed by atoms with Crippen molar-refractivity contribution in [3.05, 3.63) is 95.5 Å². The Kier molecular flexibility index (Phi) is 5.89. The minimum atomic E-state index is -0.251. The molecule has 0 bridgehead atoms. The first-order chi connectivity index (χ1) is 16.2. The largest absolute Gasteiger partial charge is 0.497 e. The van der Waals surface area contributed by atoms with E-state index in [9.17, 15) is 4.39 Å². The van der Waals surface area contributed by atoms with Crippen molar-refractivity contribution in [2.45, 2.75) is 32.2 Å². The van der Waals surface area contributed by atoms with Gasteiger partial charge in [0.1, 0.15) is 23.2 Å². The van der Waals surface area contributed by atoms with Crippen LogP contribution in [0.2, 0.25) is 0 Å². The Labute approximate surface area is 190 Å². The molecule has 2 N–H and O–H groups in total. The highest BCUT2D eigenvalue weighted by molar-refractivity contribution is 5.83. The van der Waals surface area contributed by atoms with Gasteiger partial charge in [0.05, 0.1) is 19.1 Å². The number of rotatable bonds is 9. The van der Waals surface area contributed by atoms with E-state index in [1.165, 1.54) is 12.1 Å². The fourth-order valence-corrected chi connectivity index (χ4v) is 4.14. The van der Waals surface area contributed by atoms with E-state index in [2.05, 4.69) is 41.8 Å². The van der Waals surface area contributed by atoms with Crippen LogP contribution in [0.3, 0.4) is 0 Å². The van der Waals surface area contributed by atoms with Gasteiger partial charge in [0.15, 0.2) is 0 Å². The fourth-order valence-electron chi connectivity index (χ4n) is 4.14. The molecule has 0 spiro atoms. The molecular weight excluding hydrogens is 419 g/mol. The predicted octanol–water partition coefficient (Wildman–Crippen LogP) is 4.44. The Morgan fingerprint density at radius 3 is 2.58 bits per heavy atom. The number of benzene rings is 2. The Balaban J connectivity index is 1.41. The van der Waals surface area contributed by atoms with Crippen molar-refractivity contribution < 1.29 is 9.13 Å². The van der Waals surface area contributed by atoms with Gasteiger partial charge in [-0.1, -0.05) is 12.1 Å². The van der Waals surface area contributed by atoms with Crippen LogP contribution in [0.25, 0.3) is 10.9 Å². The Hall–Kier alpha value is -3.94. The van der Waals surface area contributed by atoms with Crippen LogP contribution in [0.15, 0.2) is 61.2 Å². The summed E-state index contributed by atoms with van der Waals surface area (Å²) in [6, 6.07) is 12.8. The number of hydrogen-bond acceptors (Lipinski definition) is 4. The van der Waals surface area contributed by atoms with Crippen LogP contribution in [0.1, 0.15) is 34.9 Å². The molecule has 7 nitrogen and oxygen atoms in total. The number of imidazole rings is 1. The van der Waals surface area contributed by atoms with Crippen LogP contribution >= 0.6 is 0 Å².